The van der Waals surface area contributed by atoms with Crippen molar-refractivity contribution < 1.29 is 80.2 Å². The third-order valence-electron chi connectivity index (χ3n) is 16.9. The van der Waals surface area contributed by atoms with Crippen molar-refractivity contribution in [2.75, 3.05) is 39.6 Å². The van der Waals surface area contributed by atoms with E-state index < -0.39 is 97.5 Å². The first kappa shape index (κ1) is 87.1. The number of hydrogen-bond donors (Lipinski definition) is 3. The summed E-state index contributed by atoms with van der Waals surface area (Å²) in [6.45, 7) is 11.8. The lowest BCUT2D eigenvalue weighted by atomic mass is 9.99. The van der Waals surface area contributed by atoms with Gasteiger partial charge in [0.1, 0.15) is 19.3 Å². The molecule has 0 aliphatic rings. The molecule has 0 radical (unpaired) electrons. The lowest BCUT2D eigenvalue weighted by molar-refractivity contribution is -0.161. The van der Waals surface area contributed by atoms with E-state index in [1.54, 1.807) is 0 Å². The Kier molecular flexibility index (Phi) is 59.6. The van der Waals surface area contributed by atoms with Crippen LogP contribution in [0, 0.1) is 17.8 Å². The molecule has 0 saturated heterocycles. The second-order valence-electron chi connectivity index (χ2n) is 26.2. The highest BCUT2D eigenvalue weighted by Gasteiger charge is 2.30. The maximum absolute atomic E-state index is 13.0. The number of esters is 4. The molecule has 0 amide bonds. The van der Waals surface area contributed by atoms with Crippen LogP contribution in [0.5, 0.6) is 0 Å². The molecule has 0 saturated carbocycles. The summed E-state index contributed by atoms with van der Waals surface area (Å²) in [5, 5.41) is 10.6. The molecule has 4 unspecified atom stereocenters. The Morgan fingerprint density at radius 1 is 0.326 bits per heavy atom. The minimum absolute atomic E-state index is 0.103. The molecule has 17 nitrogen and oxygen atoms in total. The third kappa shape index (κ3) is 62.0. The van der Waals surface area contributed by atoms with E-state index in [9.17, 15) is 43.2 Å². The van der Waals surface area contributed by atoms with Crippen molar-refractivity contribution in [3.8, 4) is 0 Å². The first-order valence-electron chi connectivity index (χ1n) is 36.4. The lowest BCUT2D eigenvalue weighted by Crippen LogP contribution is -2.30. The summed E-state index contributed by atoms with van der Waals surface area (Å²) in [6, 6.07) is 0. The van der Waals surface area contributed by atoms with E-state index in [2.05, 4.69) is 48.5 Å². The summed E-state index contributed by atoms with van der Waals surface area (Å²) in [6.07, 6.45) is 44.4. The van der Waals surface area contributed by atoms with Crippen LogP contribution in [0.2, 0.25) is 0 Å². The fourth-order valence-corrected chi connectivity index (χ4v) is 12.1. The molecule has 0 bridgehead atoms. The Hall–Kier alpha value is -1.94. The summed E-state index contributed by atoms with van der Waals surface area (Å²) in [5.74, 6) is 0.0980. The second kappa shape index (κ2) is 61.0. The molecule has 0 aromatic heterocycles. The Morgan fingerprint density at radius 2 is 0.573 bits per heavy atom. The largest absolute Gasteiger partial charge is 0.472 e. The van der Waals surface area contributed by atoms with E-state index >= 15 is 0 Å². The predicted molar refractivity (Wildman–Crippen MR) is 358 cm³/mol. The normalized spacial score (nSPS) is 14.8. The zero-order valence-corrected chi connectivity index (χ0v) is 59.7. The maximum atomic E-state index is 13.0. The van der Waals surface area contributed by atoms with Gasteiger partial charge in [0, 0.05) is 25.7 Å². The Labute approximate surface area is 543 Å². The standard InChI is InChI=1S/C70H136O17P2/c1-8-11-12-13-14-15-16-17-18-19-20-21-22-30-39-46-53-69(74)86-65(57-80-67(72)51-44-37-29-26-24-28-35-42-49-62(6)9-2)59-84-88(76,77)82-55-64(71)56-83-89(78,79)85-60-66(58-81-68(73)52-45-38-33-32-36-43-50-63(7)10-3)87-70(75)54-47-40-31-25-23-27-34-41-48-61(4)5/h61-66,71H,8-60H2,1-7H3,(H,76,77)(H,78,79)/t62?,63?,64-,65-,66-/m1/s1. The van der Waals surface area contributed by atoms with Gasteiger partial charge in [-0.25, -0.2) is 9.13 Å². The number of carbonyl (C=O) groups excluding carboxylic acids is 4. The first-order valence-corrected chi connectivity index (χ1v) is 39.4. The highest BCUT2D eigenvalue weighted by Crippen LogP contribution is 2.45. The summed E-state index contributed by atoms with van der Waals surface area (Å²) in [5.41, 5.74) is 0. The van der Waals surface area contributed by atoms with Gasteiger partial charge in [-0.1, -0.05) is 299 Å². The van der Waals surface area contributed by atoms with E-state index in [1.165, 1.54) is 154 Å². The second-order valence-corrected chi connectivity index (χ2v) is 29.1. The van der Waals surface area contributed by atoms with Crippen LogP contribution in [-0.4, -0.2) is 96.7 Å². The van der Waals surface area contributed by atoms with Crippen molar-refractivity contribution in [1.82, 2.24) is 0 Å². The summed E-state index contributed by atoms with van der Waals surface area (Å²) >= 11 is 0. The average Bonchev–Trinajstić information content (AvgIpc) is 3.72. The number of hydrogen-bond acceptors (Lipinski definition) is 15. The van der Waals surface area contributed by atoms with Crippen LogP contribution >= 0.6 is 15.6 Å². The molecule has 528 valence electrons. The molecule has 7 atom stereocenters. The average molecular weight is 1310 g/mol. The highest BCUT2D eigenvalue weighted by molar-refractivity contribution is 7.47. The first-order chi connectivity index (χ1) is 42.8. The molecular formula is C70H136O17P2. The van der Waals surface area contributed by atoms with E-state index in [-0.39, 0.29) is 25.7 Å². The molecule has 3 N–H and O–H groups in total. The summed E-state index contributed by atoms with van der Waals surface area (Å²) < 4.78 is 68.3. The van der Waals surface area contributed by atoms with Gasteiger partial charge in [-0.3, -0.25) is 37.3 Å². The minimum atomic E-state index is -4.95. The Bertz CT molecular complexity index is 1750. The van der Waals surface area contributed by atoms with Crippen LogP contribution in [0.25, 0.3) is 0 Å². The van der Waals surface area contributed by atoms with Crippen molar-refractivity contribution in [2.24, 2.45) is 17.8 Å². The quantitative estimate of drug-likeness (QED) is 0.0222. The topological polar surface area (TPSA) is 237 Å². The Balaban J connectivity index is 5.26. The molecule has 19 heteroatoms. The van der Waals surface area contributed by atoms with Gasteiger partial charge in [0.15, 0.2) is 12.2 Å². The molecule has 0 aliphatic carbocycles. The molecule has 0 aromatic rings. The van der Waals surface area contributed by atoms with Gasteiger partial charge in [-0.2, -0.15) is 0 Å². The molecule has 0 aromatic carbocycles. The maximum Gasteiger partial charge on any atom is 0.472 e. The van der Waals surface area contributed by atoms with Crippen LogP contribution in [0.4, 0.5) is 0 Å². The van der Waals surface area contributed by atoms with Crippen molar-refractivity contribution >= 4 is 39.5 Å². The number of aliphatic hydroxyl groups excluding tert-OH is 1. The zero-order chi connectivity index (χ0) is 65.9. The van der Waals surface area contributed by atoms with Gasteiger partial charge in [-0.05, 0) is 43.4 Å². The SMILES string of the molecule is CCCCCCCCCCCCCCCCCCC(=O)O[C@H](COC(=O)CCCCCCCCCCC(C)CC)COP(=O)(O)OC[C@@H](O)COP(=O)(O)OC[C@@H](COC(=O)CCCCCCCCC(C)CC)OC(=O)CCCCCCCCCCC(C)C. The van der Waals surface area contributed by atoms with Crippen LogP contribution in [-0.2, 0) is 65.4 Å². The number of carbonyl (C=O) groups is 4. The number of ether oxygens (including phenoxy) is 4. The molecule has 0 fully saturated rings. The molecule has 0 spiro atoms. The van der Waals surface area contributed by atoms with E-state index in [0.717, 1.165) is 114 Å². The van der Waals surface area contributed by atoms with Crippen LogP contribution in [0.1, 0.15) is 350 Å². The van der Waals surface area contributed by atoms with E-state index in [1.807, 2.05) is 0 Å². The van der Waals surface area contributed by atoms with Crippen LogP contribution in [0.15, 0.2) is 0 Å². The van der Waals surface area contributed by atoms with Gasteiger partial charge < -0.3 is 33.8 Å². The molecule has 89 heavy (non-hydrogen) atoms. The highest BCUT2D eigenvalue weighted by atomic mass is 31.2. The number of unbranched alkanes of at least 4 members (excludes halogenated alkanes) is 34. The lowest BCUT2D eigenvalue weighted by Gasteiger charge is -2.21. The minimum Gasteiger partial charge on any atom is -0.462 e. The van der Waals surface area contributed by atoms with Crippen LogP contribution in [0.3, 0.4) is 0 Å². The third-order valence-corrected chi connectivity index (χ3v) is 18.8. The summed E-state index contributed by atoms with van der Waals surface area (Å²) in [7, 11) is -9.90. The smallest absolute Gasteiger partial charge is 0.462 e. The fourth-order valence-electron chi connectivity index (χ4n) is 10.5. The molecule has 0 rings (SSSR count). The number of rotatable bonds is 68. The number of aliphatic hydroxyl groups is 1. The van der Waals surface area contributed by atoms with Crippen molar-refractivity contribution in [3.63, 3.8) is 0 Å². The molecular weight excluding hydrogens is 1170 g/mol. The Morgan fingerprint density at radius 3 is 0.854 bits per heavy atom. The molecule has 0 aliphatic heterocycles. The van der Waals surface area contributed by atoms with Gasteiger partial charge in [-0.15, -0.1) is 0 Å². The van der Waals surface area contributed by atoms with Gasteiger partial charge in [0.25, 0.3) is 0 Å². The molecule has 0 heterocycles. The zero-order valence-electron chi connectivity index (χ0n) is 57.9. The number of phosphoric acid groups is 2. The van der Waals surface area contributed by atoms with E-state index in [4.69, 9.17) is 37.0 Å². The monoisotopic (exact) mass is 1310 g/mol. The van der Waals surface area contributed by atoms with Crippen molar-refractivity contribution in [2.45, 2.75) is 369 Å². The van der Waals surface area contributed by atoms with Crippen LogP contribution < -0.4 is 0 Å². The van der Waals surface area contributed by atoms with Crippen molar-refractivity contribution in [1.29, 1.82) is 0 Å². The summed E-state index contributed by atoms with van der Waals surface area (Å²) in [4.78, 5) is 72.5. The fraction of sp³-hybridized carbons (Fsp3) is 0.943. The van der Waals surface area contributed by atoms with Gasteiger partial charge in [0.2, 0.25) is 0 Å². The predicted octanol–water partition coefficient (Wildman–Crippen LogP) is 19.8. The van der Waals surface area contributed by atoms with Gasteiger partial charge in [0.05, 0.1) is 26.4 Å². The van der Waals surface area contributed by atoms with E-state index in [0.29, 0.717) is 25.7 Å². The number of phosphoric ester groups is 2. The van der Waals surface area contributed by atoms with Crippen molar-refractivity contribution in [3.05, 3.63) is 0 Å². The van der Waals surface area contributed by atoms with Gasteiger partial charge >= 0.3 is 39.5 Å².